The SMILES string of the molecule is COc1cc(N2CCCC2)c(OC)cc1/C=C1\SC(=Nc2ccccc2)N(CCCN2CCOCC2)C1=O. The Bertz CT molecular complexity index is 1170. The van der Waals surface area contributed by atoms with Crippen LogP contribution in [-0.4, -0.2) is 87.6 Å². The molecule has 0 bridgehead atoms. The molecule has 2 aromatic rings. The highest BCUT2D eigenvalue weighted by Gasteiger charge is 2.33. The van der Waals surface area contributed by atoms with Gasteiger partial charge in [-0.25, -0.2) is 4.99 Å². The molecule has 0 saturated carbocycles. The minimum atomic E-state index is -0.0312. The number of anilines is 1. The minimum Gasteiger partial charge on any atom is -0.496 e. The van der Waals surface area contributed by atoms with E-state index in [2.05, 4.69) is 9.80 Å². The van der Waals surface area contributed by atoms with Crippen LogP contribution >= 0.6 is 11.8 Å². The van der Waals surface area contributed by atoms with Crippen molar-refractivity contribution in [2.75, 3.05) is 71.6 Å². The van der Waals surface area contributed by atoms with Crippen molar-refractivity contribution in [3.63, 3.8) is 0 Å². The van der Waals surface area contributed by atoms with Gasteiger partial charge in [-0.05, 0) is 55.3 Å². The van der Waals surface area contributed by atoms with Crippen molar-refractivity contribution >= 4 is 40.3 Å². The first kappa shape index (κ1) is 26.6. The molecule has 38 heavy (non-hydrogen) atoms. The van der Waals surface area contributed by atoms with E-state index in [0.717, 1.165) is 80.8 Å². The molecule has 0 atom stereocenters. The molecule has 3 fully saturated rings. The summed E-state index contributed by atoms with van der Waals surface area (Å²) in [5.74, 6) is 1.48. The summed E-state index contributed by atoms with van der Waals surface area (Å²) in [6, 6.07) is 13.8. The van der Waals surface area contributed by atoms with E-state index in [0.29, 0.717) is 16.6 Å². The zero-order valence-electron chi connectivity index (χ0n) is 22.2. The molecule has 0 radical (unpaired) electrons. The van der Waals surface area contributed by atoms with E-state index >= 15 is 0 Å². The van der Waals surface area contributed by atoms with E-state index in [4.69, 9.17) is 19.2 Å². The Morgan fingerprint density at radius 2 is 1.71 bits per heavy atom. The van der Waals surface area contributed by atoms with Crippen LogP contribution in [0, 0.1) is 0 Å². The lowest BCUT2D eigenvalue weighted by atomic mass is 10.1. The third-order valence-electron chi connectivity index (χ3n) is 7.09. The van der Waals surface area contributed by atoms with Crippen LogP contribution in [0.3, 0.4) is 0 Å². The van der Waals surface area contributed by atoms with Crippen molar-refractivity contribution in [3.05, 3.63) is 52.9 Å². The van der Waals surface area contributed by atoms with Gasteiger partial charge in [0, 0.05) is 50.9 Å². The molecule has 0 unspecified atom stereocenters. The van der Waals surface area contributed by atoms with Gasteiger partial charge in [-0.2, -0.15) is 0 Å². The van der Waals surface area contributed by atoms with Gasteiger partial charge in [0.15, 0.2) is 5.17 Å². The summed E-state index contributed by atoms with van der Waals surface area (Å²) >= 11 is 1.41. The third kappa shape index (κ3) is 6.17. The average molecular weight is 537 g/mol. The van der Waals surface area contributed by atoms with Crippen molar-refractivity contribution in [2.24, 2.45) is 4.99 Å². The first-order chi connectivity index (χ1) is 18.7. The second kappa shape index (κ2) is 12.7. The molecule has 0 aliphatic carbocycles. The summed E-state index contributed by atoms with van der Waals surface area (Å²) in [4.78, 5) is 25.7. The quantitative estimate of drug-likeness (QED) is 0.433. The summed E-state index contributed by atoms with van der Waals surface area (Å²) in [7, 11) is 3.36. The second-order valence-electron chi connectivity index (χ2n) is 9.57. The molecular formula is C29H36N4O4S. The molecule has 0 aromatic heterocycles. The smallest absolute Gasteiger partial charge is 0.266 e. The molecule has 0 spiro atoms. The summed E-state index contributed by atoms with van der Waals surface area (Å²) in [6.07, 6.45) is 5.13. The molecule has 202 valence electrons. The van der Waals surface area contributed by atoms with Crippen molar-refractivity contribution in [1.82, 2.24) is 9.80 Å². The maximum Gasteiger partial charge on any atom is 0.266 e. The molecule has 3 aliphatic heterocycles. The van der Waals surface area contributed by atoms with Crippen molar-refractivity contribution < 1.29 is 19.0 Å². The highest BCUT2D eigenvalue weighted by molar-refractivity contribution is 8.18. The predicted molar refractivity (Wildman–Crippen MR) is 154 cm³/mol. The van der Waals surface area contributed by atoms with E-state index in [-0.39, 0.29) is 5.91 Å². The second-order valence-corrected chi connectivity index (χ2v) is 10.6. The molecule has 5 rings (SSSR count). The molecule has 2 aromatic carbocycles. The van der Waals surface area contributed by atoms with Gasteiger partial charge < -0.3 is 19.1 Å². The number of hydrogen-bond acceptors (Lipinski definition) is 8. The summed E-state index contributed by atoms with van der Waals surface area (Å²) < 4.78 is 17.0. The Morgan fingerprint density at radius 3 is 2.42 bits per heavy atom. The Labute approximate surface area is 229 Å². The van der Waals surface area contributed by atoms with Crippen LogP contribution in [-0.2, 0) is 9.53 Å². The molecule has 0 N–H and O–H groups in total. The van der Waals surface area contributed by atoms with Gasteiger partial charge in [0.25, 0.3) is 5.91 Å². The van der Waals surface area contributed by atoms with Crippen LogP contribution in [0.2, 0.25) is 0 Å². The number of methoxy groups -OCH3 is 2. The van der Waals surface area contributed by atoms with Crippen LogP contribution in [0.4, 0.5) is 11.4 Å². The predicted octanol–water partition coefficient (Wildman–Crippen LogP) is 4.63. The van der Waals surface area contributed by atoms with Gasteiger partial charge in [0.05, 0.1) is 43.7 Å². The molecule has 3 heterocycles. The van der Waals surface area contributed by atoms with Crippen LogP contribution < -0.4 is 14.4 Å². The number of aliphatic imine (C=N–C) groups is 1. The van der Waals surface area contributed by atoms with E-state index in [1.807, 2.05) is 53.4 Å². The summed E-state index contributed by atoms with van der Waals surface area (Å²) in [5, 5.41) is 0.703. The number of amides is 1. The fraction of sp³-hybridized carbons (Fsp3) is 0.448. The minimum absolute atomic E-state index is 0.0312. The highest BCUT2D eigenvalue weighted by Crippen LogP contribution is 2.40. The number of para-hydroxylation sites is 1. The Kier molecular flexibility index (Phi) is 8.88. The molecule has 3 aliphatic rings. The highest BCUT2D eigenvalue weighted by atomic mass is 32.2. The Hall–Kier alpha value is -3.01. The van der Waals surface area contributed by atoms with E-state index in [1.165, 1.54) is 24.6 Å². The fourth-order valence-corrected chi connectivity index (χ4v) is 6.06. The normalized spacial score (nSPS) is 20.6. The Balaban J connectivity index is 1.41. The third-order valence-corrected chi connectivity index (χ3v) is 8.10. The maximum absolute atomic E-state index is 13.7. The van der Waals surface area contributed by atoms with Gasteiger partial charge in [0.1, 0.15) is 11.5 Å². The lowest BCUT2D eigenvalue weighted by Gasteiger charge is -2.27. The topological polar surface area (TPSA) is 66.8 Å². The van der Waals surface area contributed by atoms with Crippen molar-refractivity contribution in [3.8, 4) is 11.5 Å². The number of benzene rings is 2. The number of nitrogens with zero attached hydrogens (tertiary/aromatic N) is 4. The van der Waals surface area contributed by atoms with E-state index in [1.54, 1.807) is 14.2 Å². The van der Waals surface area contributed by atoms with Gasteiger partial charge in [0.2, 0.25) is 0 Å². The van der Waals surface area contributed by atoms with Gasteiger partial charge >= 0.3 is 0 Å². The van der Waals surface area contributed by atoms with Crippen LogP contribution in [0.25, 0.3) is 6.08 Å². The van der Waals surface area contributed by atoms with Crippen LogP contribution in [0.15, 0.2) is 52.4 Å². The maximum atomic E-state index is 13.7. The van der Waals surface area contributed by atoms with Gasteiger partial charge in [-0.3, -0.25) is 14.6 Å². The van der Waals surface area contributed by atoms with Crippen LogP contribution in [0.5, 0.6) is 11.5 Å². The number of rotatable bonds is 9. The number of carbonyl (C=O) groups excluding carboxylic acids is 1. The lowest BCUT2D eigenvalue weighted by molar-refractivity contribution is -0.122. The molecule has 1 amide bonds. The van der Waals surface area contributed by atoms with E-state index < -0.39 is 0 Å². The lowest BCUT2D eigenvalue weighted by Crippen LogP contribution is -2.38. The van der Waals surface area contributed by atoms with E-state index in [9.17, 15) is 4.79 Å². The molecule has 9 heteroatoms. The fourth-order valence-electron chi connectivity index (χ4n) is 5.04. The van der Waals surface area contributed by atoms with Crippen molar-refractivity contribution in [1.29, 1.82) is 0 Å². The first-order valence-corrected chi connectivity index (χ1v) is 14.1. The monoisotopic (exact) mass is 536 g/mol. The Morgan fingerprint density at radius 1 is 0.974 bits per heavy atom. The number of amidine groups is 1. The summed E-state index contributed by atoms with van der Waals surface area (Å²) in [5.41, 5.74) is 2.68. The first-order valence-electron chi connectivity index (χ1n) is 13.3. The molecular weight excluding hydrogens is 500 g/mol. The largest absolute Gasteiger partial charge is 0.496 e. The van der Waals surface area contributed by atoms with Crippen LogP contribution in [0.1, 0.15) is 24.8 Å². The standard InChI is InChI=1S/C29H36N4O4S/c1-35-25-21-24(32-12-6-7-13-32)26(36-2)19-22(25)20-27-28(34)33(14-8-11-31-15-17-37-18-16-31)29(38-27)30-23-9-4-3-5-10-23/h3-5,9-10,19-21H,6-8,11-18H2,1-2H3/b27-20-,30-29?. The zero-order valence-corrected chi connectivity index (χ0v) is 23.0. The molecule has 3 saturated heterocycles. The van der Waals surface area contributed by atoms with Gasteiger partial charge in [-0.15, -0.1) is 0 Å². The summed E-state index contributed by atoms with van der Waals surface area (Å²) in [6.45, 7) is 6.97. The van der Waals surface area contributed by atoms with Gasteiger partial charge in [-0.1, -0.05) is 18.2 Å². The van der Waals surface area contributed by atoms with Crippen molar-refractivity contribution in [2.45, 2.75) is 19.3 Å². The number of hydrogen-bond donors (Lipinski definition) is 0. The number of morpholine rings is 1. The number of ether oxygens (including phenoxy) is 3. The zero-order chi connectivity index (χ0) is 26.3. The average Bonchev–Trinajstić information content (AvgIpc) is 3.59. The number of carbonyl (C=O) groups is 1. The number of thioether (sulfide) groups is 1. The molecule has 8 nitrogen and oxygen atoms in total.